The number of benzene rings is 2. The van der Waals surface area contributed by atoms with E-state index < -0.39 is 0 Å². The lowest BCUT2D eigenvalue weighted by Crippen LogP contribution is -1.84. The van der Waals surface area contributed by atoms with Crippen LogP contribution >= 0.6 is 12.6 Å². The number of rotatable bonds is 3. The van der Waals surface area contributed by atoms with Crippen molar-refractivity contribution >= 4 is 24.0 Å². The van der Waals surface area contributed by atoms with Crippen molar-refractivity contribution in [3.8, 4) is 0 Å². The molecule has 2 aromatic rings. The number of anilines is 1. The van der Waals surface area contributed by atoms with Gasteiger partial charge in [0.15, 0.2) is 0 Å². The molecular weight excluding hydrogens is 218 g/mol. The van der Waals surface area contributed by atoms with Crippen molar-refractivity contribution in [1.82, 2.24) is 0 Å². The van der Waals surface area contributed by atoms with Crippen LogP contribution in [0.1, 0.15) is 0 Å². The zero-order valence-electron chi connectivity index (χ0n) is 8.54. The fourth-order valence-electron chi connectivity index (χ4n) is 1.17. The Bertz CT molecular complexity index is 465. The minimum Gasteiger partial charge on any atom is -0.260 e. The molecule has 0 atom stereocenters. The Morgan fingerprint density at radius 3 is 2.25 bits per heavy atom. The van der Waals surface area contributed by atoms with Gasteiger partial charge in [0, 0.05) is 4.90 Å². The van der Waals surface area contributed by atoms with Gasteiger partial charge in [0.05, 0.1) is 11.4 Å². The summed E-state index contributed by atoms with van der Waals surface area (Å²) in [6.07, 6.45) is 0. The summed E-state index contributed by atoms with van der Waals surface area (Å²) in [6.45, 7) is 0. The minimum atomic E-state index is 0.793. The molecule has 0 aliphatic heterocycles. The van der Waals surface area contributed by atoms with Crippen molar-refractivity contribution < 1.29 is 0 Å². The fraction of sp³-hybridized carbons (Fsp3) is 0. The molecule has 0 spiro atoms. The highest BCUT2D eigenvalue weighted by Crippen LogP contribution is 2.15. The van der Waals surface area contributed by atoms with Crippen LogP contribution in [0.25, 0.3) is 0 Å². The maximum atomic E-state index is 4.19. The van der Waals surface area contributed by atoms with E-state index in [0.717, 1.165) is 16.3 Å². The van der Waals surface area contributed by atoms with Crippen molar-refractivity contribution in [3.05, 3.63) is 54.6 Å². The monoisotopic (exact) mass is 229 g/mol. The number of hydrogen-bond donors (Lipinski definition) is 2. The Balaban J connectivity index is 1.98. The smallest absolute Gasteiger partial charge is 0.0875 e. The first-order valence-electron chi connectivity index (χ1n) is 4.85. The number of hydrogen-bond acceptors (Lipinski definition) is 3. The highest BCUT2D eigenvalue weighted by Gasteiger charge is 1.89. The van der Waals surface area contributed by atoms with Crippen molar-refractivity contribution in [2.24, 2.45) is 10.3 Å². The molecule has 2 rings (SSSR count). The lowest BCUT2D eigenvalue weighted by atomic mass is 10.3. The second-order valence-electron chi connectivity index (χ2n) is 3.19. The van der Waals surface area contributed by atoms with Gasteiger partial charge in [-0.15, -0.1) is 17.7 Å². The number of nitrogens with zero attached hydrogens (tertiary/aromatic N) is 2. The number of para-hydroxylation sites is 1. The van der Waals surface area contributed by atoms with Crippen molar-refractivity contribution in [1.29, 1.82) is 0 Å². The molecule has 0 aromatic heterocycles. The van der Waals surface area contributed by atoms with Gasteiger partial charge >= 0.3 is 0 Å². The Morgan fingerprint density at radius 1 is 0.875 bits per heavy atom. The van der Waals surface area contributed by atoms with E-state index in [0.29, 0.717) is 0 Å². The quantitative estimate of drug-likeness (QED) is 0.464. The summed E-state index contributed by atoms with van der Waals surface area (Å²) in [4.78, 5) is 0.912. The van der Waals surface area contributed by atoms with Crippen LogP contribution in [0, 0.1) is 0 Å². The van der Waals surface area contributed by atoms with Crippen molar-refractivity contribution in [3.63, 3.8) is 0 Å². The fourth-order valence-corrected chi connectivity index (χ4v) is 1.32. The second kappa shape index (κ2) is 5.32. The van der Waals surface area contributed by atoms with Crippen LogP contribution < -0.4 is 5.43 Å². The Morgan fingerprint density at radius 2 is 1.56 bits per heavy atom. The molecule has 0 heterocycles. The molecule has 0 fully saturated rings. The molecule has 0 bridgehead atoms. The van der Waals surface area contributed by atoms with Crippen molar-refractivity contribution in [2.45, 2.75) is 4.90 Å². The SMILES string of the molecule is Sc1ccc(N=NNc2ccccc2)cc1. The zero-order valence-corrected chi connectivity index (χ0v) is 9.43. The van der Waals surface area contributed by atoms with E-state index in [2.05, 4.69) is 28.4 Å². The molecule has 80 valence electrons. The average molecular weight is 229 g/mol. The first-order chi connectivity index (χ1) is 7.84. The predicted molar refractivity (Wildman–Crippen MR) is 68.3 cm³/mol. The summed E-state index contributed by atoms with van der Waals surface area (Å²) >= 11 is 4.19. The summed E-state index contributed by atoms with van der Waals surface area (Å²) in [6, 6.07) is 17.2. The average Bonchev–Trinajstić information content (AvgIpc) is 2.33. The van der Waals surface area contributed by atoms with Gasteiger partial charge < -0.3 is 0 Å². The van der Waals surface area contributed by atoms with E-state index in [1.807, 2.05) is 54.6 Å². The van der Waals surface area contributed by atoms with Crippen LogP contribution in [0.15, 0.2) is 69.8 Å². The number of nitrogens with one attached hydrogen (secondary N) is 1. The molecular formula is C12H11N3S. The van der Waals surface area contributed by atoms with E-state index in [-0.39, 0.29) is 0 Å². The van der Waals surface area contributed by atoms with E-state index in [1.165, 1.54) is 0 Å². The first kappa shape index (κ1) is 10.7. The zero-order chi connectivity index (χ0) is 11.2. The lowest BCUT2D eigenvalue weighted by Gasteiger charge is -1.97. The van der Waals surface area contributed by atoms with Gasteiger partial charge in [0.2, 0.25) is 0 Å². The van der Waals surface area contributed by atoms with Gasteiger partial charge in [-0.25, -0.2) is 0 Å². The maximum absolute atomic E-state index is 4.19. The summed E-state index contributed by atoms with van der Waals surface area (Å²) in [7, 11) is 0. The van der Waals surface area contributed by atoms with Crippen LogP contribution in [0.4, 0.5) is 11.4 Å². The molecule has 0 amide bonds. The highest BCUT2D eigenvalue weighted by atomic mass is 32.1. The molecule has 0 aliphatic carbocycles. The molecule has 0 aliphatic rings. The molecule has 4 heteroatoms. The topological polar surface area (TPSA) is 36.8 Å². The largest absolute Gasteiger partial charge is 0.260 e. The summed E-state index contributed by atoms with van der Waals surface area (Å²) < 4.78 is 0. The Kier molecular flexibility index (Phi) is 3.56. The van der Waals surface area contributed by atoms with Gasteiger partial charge in [-0.1, -0.05) is 23.4 Å². The standard InChI is InChI=1S/C12H11N3S/c16-12-8-6-11(7-9-12)14-15-13-10-4-2-1-3-5-10/h1-9,16H,(H,13,14). The summed E-state index contributed by atoms with van der Waals surface area (Å²) in [5.41, 5.74) is 4.55. The van der Waals surface area contributed by atoms with E-state index in [4.69, 9.17) is 0 Å². The summed E-state index contributed by atoms with van der Waals surface area (Å²) in [5.74, 6) is 0. The van der Waals surface area contributed by atoms with Crippen LogP contribution in [0.3, 0.4) is 0 Å². The molecule has 2 aromatic carbocycles. The molecule has 0 saturated heterocycles. The molecule has 16 heavy (non-hydrogen) atoms. The van der Waals surface area contributed by atoms with E-state index in [1.54, 1.807) is 0 Å². The molecule has 0 radical (unpaired) electrons. The Hall–Kier alpha value is -1.81. The molecule has 0 saturated carbocycles. The lowest BCUT2D eigenvalue weighted by molar-refractivity contribution is 1.13. The summed E-state index contributed by atoms with van der Waals surface area (Å²) in [5, 5.41) is 7.91. The van der Waals surface area contributed by atoms with Crippen molar-refractivity contribution in [2.75, 3.05) is 5.43 Å². The second-order valence-corrected chi connectivity index (χ2v) is 3.71. The van der Waals surface area contributed by atoms with Crippen LogP contribution in [-0.4, -0.2) is 0 Å². The van der Waals surface area contributed by atoms with Crippen LogP contribution in [0.5, 0.6) is 0 Å². The minimum absolute atomic E-state index is 0.793. The maximum Gasteiger partial charge on any atom is 0.0875 e. The van der Waals surface area contributed by atoms with Gasteiger partial charge in [-0.2, -0.15) is 0 Å². The van der Waals surface area contributed by atoms with Gasteiger partial charge in [-0.05, 0) is 36.4 Å². The third kappa shape index (κ3) is 3.10. The third-order valence-corrected chi connectivity index (χ3v) is 2.27. The number of thiol groups is 1. The van der Waals surface area contributed by atoms with Gasteiger partial charge in [0.25, 0.3) is 0 Å². The van der Waals surface area contributed by atoms with Gasteiger partial charge in [0.1, 0.15) is 0 Å². The highest BCUT2D eigenvalue weighted by molar-refractivity contribution is 7.80. The third-order valence-electron chi connectivity index (χ3n) is 1.97. The van der Waals surface area contributed by atoms with Crippen LogP contribution in [0.2, 0.25) is 0 Å². The Labute approximate surface area is 99.6 Å². The van der Waals surface area contributed by atoms with Crippen LogP contribution in [-0.2, 0) is 0 Å². The van der Waals surface area contributed by atoms with E-state index >= 15 is 0 Å². The predicted octanol–water partition coefficient (Wildman–Crippen LogP) is 4.09. The van der Waals surface area contributed by atoms with E-state index in [9.17, 15) is 0 Å². The first-order valence-corrected chi connectivity index (χ1v) is 5.30. The normalized spacial score (nSPS) is 10.6. The molecule has 0 unspecified atom stereocenters. The molecule has 1 N–H and O–H groups in total. The van der Waals surface area contributed by atoms with Gasteiger partial charge in [-0.3, -0.25) is 5.43 Å². The molecule has 3 nitrogen and oxygen atoms in total.